The maximum Gasteiger partial charge on any atom is 0.248 e. The van der Waals surface area contributed by atoms with Crippen LogP contribution in [0.2, 0.25) is 0 Å². The van der Waals surface area contributed by atoms with Crippen LogP contribution >= 0.6 is 0 Å². The maximum absolute atomic E-state index is 6.01. The predicted molar refractivity (Wildman–Crippen MR) is 184 cm³/mol. The van der Waals surface area contributed by atoms with Gasteiger partial charge < -0.3 is 13.9 Å². The van der Waals surface area contributed by atoms with Gasteiger partial charge >= 0.3 is 0 Å². The van der Waals surface area contributed by atoms with Gasteiger partial charge in [0.1, 0.15) is 0 Å². The first-order chi connectivity index (χ1) is 22.1. The summed E-state index contributed by atoms with van der Waals surface area (Å²) < 4.78 is 8.37. The molecule has 216 valence electrons. The van der Waals surface area contributed by atoms with E-state index in [1.54, 1.807) is 0 Å². The smallest absolute Gasteiger partial charge is 0.248 e. The van der Waals surface area contributed by atoms with Gasteiger partial charge in [0.2, 0.25) is 11.8 Å². The molecule has 6 aromatic carbocycles. The van der Waals surface area contributed by atoms with Crippen LogP contribution in [0.4, 0.5) is 17.1 Å². The number of fused-ring (bicyclic) bond motifs is 3. The van der Waals surface area contributed by atoms with Crippen LogP contribution < -0.4 is 4.90 Å². The summed E-state index contributed by atoms with van der Waals surface area (Å²) in [4.78, 5) is 2.26. The number of rotatable bonds is 6. The van der Waals surface area contributed by atoms with Crippen LogP contribution in [0.3, 0.4) is 0 Å². The minimum atomic E-state index is 0.493. The molecule has 8 rings (SSSR count). The second-order valence-corrected chi connectivity index (χ2v) is 11.4. The largest absolute Gasteiger partial charge is 0.416 e. The van der Waals surface area contributed by atoms with Crippen molar-refractivity contribution in [2.24, 2.45) is 0 Å². The van der Waals surface area contributed by atoms with Crippen LogP contribution in [0.5, 0.6) is 0 Å². The molecular formula is C40H30N4O. The fourth-order valence-electron chi connectivity index (χ4n) is 6.09. The molecule has 0 bridgehead atoms. The molecule has 0 unspecified atom stereocenters. The molecule has 0 atom stereocenters. The number of hydrogen-bond donors (Lipinski definition) is 0. The zero-order valence-corrected chi connectivity index (χ0v) is 25.1. The third-order valence-electron chi connectivity index (χ3n) is 8.27. The minimum Gasteiger partial charge on any atom is -0.416 e. The number of nitrogens with zero attached hydrogens (tertiary/aromatic N) is 4. The highest BCUT2D eigenvalue weighted by Crippen LogP contribution is 2.38. The molecule has 0 saturated carbocycles. The van der Waals surface area contributed by atoms with Crippen LogP contribution in [0.25, 0.3) is 50.4 Å². The van der Waals surface area contributed by atoms with Crippen molar-refractivity contribution in [3.63, 3.8) is 0 Å². The number of anilines is 3. The molecule has 0 radical (unpaired) electrons. The van der Waals surface area contributed by atoms with E-state index < -0.39 is 0 Å². The van der Waals surface area contributed by atoms with Crippen molar-refractivity contribution in [2.75, 3.05) is 4.90 Å². The lowest BCUT2D eigenvalue weighted by Crippen LogP contribution is -2.10. The van der Waals surface area contributed by atoms with Crippen molar-refractivity contribution in [3.8, 4) is 28.6 Å². The molecule has 0 saturated heterocycles. The van der Waals surface area contributed by atoms with Crippen LogP contribution in [0, 0.1) is 13.8 Å². The van der Waals surface area contributed by atoms with E-state index in [1.807, 2.05) is 48.5 Å². The summed E-state index contributed by atoms with van der Waals surface area (Å²) in [5, 5.41) is 11.1. The Balaban J connectivity index is 1.17. The van der Waals surface area contributed by atoms with Gasteiger partial charge in [0.15, 0.2) is 0 Å². The molecule has 8 aromatic rings. The normalized spacial score (nSPS) is 11.3. The molecule has 45 heavy (non-hydrogen) atoms. The van der Waals surface area contributed by atoms with Crippen LogP contribution in [-0.2, 0) is 0 Å². The zero-order valence-electron chi connectivity index (χ0n) is 25.1. The van der Waals surface area contributed by atoms with Gasteiger partial charge in [-0.3, -0.25) is 0 Å². The number of para-hydroxylation sites is 1. The molecule has 2 aromatic heterocycles. The zero-order chi connectivity index (χ0) is 30.3. The van der Waals surface area contributed by atoms with Crippen molar-refractivity contribution in [1.29, 1.82) is 0 Å². The molecule has 0 fully saturated rings. The molecule has 5 nitrogen and oxygen atoms in total. The molecule has 0 aliphatic rings. The number of hydrogen-bond acceptors (Lipinski definition) is 4. The van der Waals surface area contributed by atoms with E-state index in [0.717, 1.165) is 33.9 Å². The molecule has 0 spiro atoms. The lowest BCUT2D eigenvalue weighted by Gasteiger charge is -2.26. The SMILES string of the molecule is Cc1ccc2c(c1)c1cc(C)ccc1n2-c1ccc(N(c2ccccc2)c2ccc(-c3nnc(-c4ccccc4)o3)cc2)cc1. The highest BCUT2D eigenvalue weighted by atomic mass is 16.4. The molecule has 0 aliphatic heterocycles. The van der Waals surface area contributed by atoms with E-state index in [1.165, 1.54) is 32.9 Å². The van der Waals surface area contributed by atoms with E-state index >= 15 is 0 Å². The van der Waals surface area contributed by atoms with Crippen LogP contribution in [0.15, 0.2) is 150 Å². The van der Waals surface area contributed by atoms with Gasteiger partial charge in [0.25, 0.3) is 0 Å². The Kier molecular flexibility index (Phi) is 6.50. The fourth-order valence-corrected chi connectivity index (χ4v) is 6.09. The summed E-state index contributed by atoms with van der Waals surface area (Å²) in [6, 6.07) is 50.8. The van der Waals surface area contributed by atoms with Gasteiger partial charge in [0, 0.05) is 44.6 Å². The van der Waals surface area contributed by atoms with E-state index in [4.69, 9.17) is 4.42 Å². The number of aryl methyl sites for hydroxylation is 2. The third kappa shape index (κ3) is 4.85. The molecule has 0 N–H and O–H groups in total. The van der Waals surface area contributed by atoms with Crippen LogP contribution in [-0.4, -0.2) is 14.8 Å². The van der Waals surface area contributed by atoms with Crippen molar-refractivity contribution < 1.29 is 4.42 Å². The van der Waals surface area contributed by atoms with E-state index in [-0.39, 0.29) is 0 Å². The minimum absolute atomic E-state index is 0.493. The highest BCUT2D eigenvalue weighted by molar-refractivity contribution is 6.09. The Morgan fingerprint density at radius 3 is 1.51 bits per heavy atom. The summed E-state index contributed by atoms with van der Waals surface area (Å²) in [7, 11) is 0. The van der Waals surface area contributed by atoms with E-state index in [9.17, 15) is 0 Å². The Bertz CT molecular complexity index is 2210. The first-order valence-electron chi connectivity index (χ1n) is 15.1. The molecule has 0 aliphatic carbocycles. The van der Waals surface area contributed by atoms with Crippen molar-refractivity contribution in [3.05, 3.63) is 157 Å². The monoisotopic (exact) mass is 582 g/mol. The third-order valence-corrected chi connectivity index (χ3v) is 8.27. The fraction of sp³-hybridized carbons (Fsp3) is 0.0500. The predicted octanol–water partition coefficient (Wildman–Crippen LogP) is 10.6. The highest BCUT2D eigenvalue weighted by Gasteiger charge is 2.17. The number of benzene rings is 6. The topological polar surface area (TPSA) is 47.1 Å². The first-order valence-corrected chi connectivity index (χ1v) is 15.1. The maximum atomic E-state index is 6.01. The quantitative estimate of drug-likeness (QED) is 0.196. The first kappa shape index (κ1) is 26.7. The summed E-state index contributed by atoms with van der Waals surface area (Å²) in [6.45, 7) is 4.31. The standard InChI is InChI=1S/C40H30N4O/c1-27-13-23-37-35(25-27)36-26-28(2)14-24-38(36)44(37)34-21-19-33(20-22-34)43(31-11-7-4-8-12-31)32-17-15-30(16-18-32)40-42-41-39(45-40)29-9-5-3-6-10-29/h3-26H,1-2H3. The summed E-state index contributed by atoms with van der Waals surface area (Å²) in [6.07, 6.45) is 0. The second-order valence-electron chi connectivity index (χ2n) is 11.4. The lowest BCUT2D eigenvalue weighted by molar-refractivity contribution is 0.584. The molecule has 0 amide bonds. The van der Waals surface area contributed by atoms with Gasteiger partial charge in [-0.15, -0.1) is 10.2 Å². The molecule has 2 heterocycles. The second kappa shape index (κ2) is 11.0. The Morgan fingerprint density at radius 2 is 0.956 bits per heavy atom. The van der Waals surface area contributed by atoms with E-state index in [2.05, 4.69) is 131 Å². The van der Waals surface area contributed by atoms with E-state index in [0.29, 0.717) is 11.8 Å². The Morgan fingerprint density at radius 1 is 0.489 bits per heavy atom. The Labute approximate surface area is 261 Å². The van der Waals surface area contributed by atoms with Gasteiger partial charge in [-0.05, 0) is 111 Å². The van der Waals surface area contributed by atoms with Crippen LogP contribution in [0.1, 0.15) is 11.1 Å². The summed E-state index contributed by atoms with van der Waals surface area (Å²) in [5.74, 6) is 1.00. The average Bonchev–Trinajstić information content (AvgIpc) is 3.70. The summed E-state index contributed by atoms with van der Waals surface area (Å²) in [5.41, 5.74) is 11.0. The lowest BCUT2D eigenvalue weighted by atomic mass is 10.1. The van der Waals surface area contributed by atoms with Gasteiger partial charge in [-0.1, -0.05) is 59.7 Å². The number of aromatic nitrogens is 3. The van der Waals surface area contributed by atoms with Gasteiger partial charge in [0.05, 0.1) is 11.0 Å². The van der Waals surface area contributed by atoms with Crippen molar-refractivity contribution in [2.45, 2.75) is 13.8 Å². The molecule has 5 heteroatoms. The van der Waals surface area contributed by atoms with Crippen molar-refractivity contribution in [1.82, 2.24) is 14.8 Å². The molecular weight excluding hydrogens is 552 g/mol. The van der Waals surface area contributed by atoms with Gasteiger partial charge in [-0.2, -0.15) is 0 Å². The summed E-state index contributed by atoms with van der Waals surface area (Å²) >= 11 is 0. The van der Waals surface area contributed by atoms with Crippen molar-refractivity contribution >= 4 is 38.9 Å². The Hall–Kier alpha value is -5.94. The average molecular weight is 583 g/mol. The van der Waals surface area contributed by atoms with Gasteiger partial charge in [-0.25, -0.2) is 0 Å².